The summed E-state index contributed by atoms with van der Waals surface area (Å²) in [6, 6.07) is 8.19. The Bertz CT molecular complexity index is 318. The molecule has 17 heavy (non-hydrogen) atoms. The summed E-state index contributed by atoms with van der Waals surface area (Å²) in [6.45, 7) is 8.97. The van der Waals surface area contributed by atoms with E-state index in [2.05, 4.69) is 37.8 Å². The van der Waals surface area contributed by atoms with Gasteiger partial charge in [0.1, 0.15) is 0 Å². The van der Waals surface area contributed by atoms with Crippen molar-refractivity contribution >= 4 is 11.4 Å². The molecular weight excluding hydrogens is 208 g/mol. The van der Waals surface area contributed by atoms with Crippen LogP contribution in [-0.2, 0) is 0 Å². The molecule has 1 aromatic carbocycles. The topological polar surface area (TPSA) is 29.3 Å². The summed E-state index contributed by atoms with van der Waals surface area (Å²) in [6.07, 6.45) is 3.64. The largest absolute Gasteiger partial charge is 0.397 e. The molecule has 0 saturated heterocycles. The van der Waals surface area contributed by atoms with Crippen molar-refractivity contribution in [3.8, 4) is 0 Å². The number of hydrogen-bond donors (Lipinski definition) is 1. The first kappa shape index (κ1) is 13.9. The molecule has 0 amide bonds. The second kappa shape index (κ2) is 7.21. The molecule has 1 aromatic rings. The molecule has 2 heteroatoms. The van der Waals surface area contributed by atoms with Gasteiger partial charge >= 0.3 is 0 Å². The van der Waals surface area contributed by atoms with Gasteiger partial charge < -0.3 is 10.6 Å². The van der Waals surface area contributed by atoms with Crippen LogP contribution in [0, 0.1) is 5.92 Å². The number of nitrogens with zero attached hydrogens (tertiary/aromatic N) is 1. The molecule has 2 N–H and O–H groups in total. The summed E-state index contributed by atoms with van der Waals surface area (Å²) < 4.78 is 0. The molecule has 0 spiro atoms. The minimum absolute atomic E-state index is 0.765. The minimum Gasteiger partial charge on any atom is -0.397 e. The van der Waals surface area contributed by atoms with E-state index in [0.717, 1.165) is 31.1 Å². The molecule has 0 fully saturated rings. The van der Waals surface area contributed by atoms with Gasteiger partial charge in [-0.1, -0.05) is 45.7 Å². The molecule has 0 heterocycles. The minimum atomic E-state index is 0.765. The quantitative estimate of drug-likeness (QED) is 0.724. The van der Waals surface area contributed by atoms with Crippen molar-refractivity contribution < 1.29 is 0 Å². The number of nitrogens with two attached hydrogens (primary N) is 1. The number of para-hydroxylation sites is 2. The van der Waals surface area contributed by atoms with Gasteiger partial charge in [0.25, 0.3) is 0 Å². The SMILES string of the molecule is CCCN(CC(CC)CC)c1ccccc1N. The fourth-order valence-electron chi connectivity index (χ4n) is 2.21. The molecule has 0 atom stereocenters. The van der Waals surface area contributed by atoms with Crippen LogP contribution in [0.3, 0.4) is 0 Å². The normalized spacial score (nSPS) is 10.8. The van der Waals surface area contributed by atoms with E-state index >= 15 is 0 Å². The third-order valence-corrected chi connectivity index (χ3v) is 3.40. The monoisotopic (exact) mass is 234 g/mol. The van der Waals surface area contributed by atoms with Crippen LogP contribution < -0.4 is 10.6 Å². The lowest BCUT2D eigenvalue weighted by atomic mass is 10.0. The maximum atomic E-state index is 6.07. The van der Waals surface area contributed by atoms with Gasteiger partial charge in [0.05, 0.1) is 11.4 Å². The van der Waals surface area contributed by atoms with E-state index in [-0.39, 0.29) is 0 Å². The van der Waals surface area contributed by atoms with Crippen LogP contribution in [0.15, 0.2) is 24.3 Å². The summed E-state index contributed by atoms with van der Waals surface area (Å²) in [7, 11) is 0. The van der Waals surface area contributed by atoms with E-state index in [4.69, 9.17) is 5.73 Å². The molecule has 0 aliphatic rings. The van der Waals surface area contributed by atoms with Crippen LogP contribution in [0.2, 0.25) is 0 Å². The van der Waals surface area contributed by atoms with Gasteiger partial charge in [-0.2, -0.15) is 0 Å². The molecule has 96 valence electrons. The van der Waals surface area contributed by atoms with Gasteiger partial charge in [0.2, 0.25) is 0 Å². The van der Waals surface area contributed by atoms with Gasteiger partial charge in [0, 0.05) is 13.1 Å². The molecule has 0 unspecified atom stereocenters. The van der Waals surface area contributed by atoms with Gasteiger partial charge in [-0.3, -0.25) is 0 Å². The van der Waals surface area contributed by atoms with E-state index in [1.807, 2.05) is 12.1 Å². The lowest BCUT2D eigenvalue weighted by Crippen LogP contribution is -2.30. The third kappa shape index (κ3) is 3.95. The zero-order valence-electron chi connectivity index (χ0n) is 11.4. The van der Waals surface area contributed by atoms with Crippen LogP contribution in [0.25, 0.3) is 0 Å². The van der Waals surface area contributed by atoms with E-state index in [9.17, 15) is 0 Å². The van der Waals surface area contributed by atoms with Crippen molar-refractivity contribution in [3.05, 3.63) is 24.3 Å². The molecule has 0 bridgehead atoms. The summed E-state index contributed by atoms with van der Waals surface area (Å²) in [4.78, 5) is 2.44. The predicted molar refractivity (Wildman–Crippen MR) is 77.4 cm³/mol. The Morgan fingerprint density at radius 1 is 1.12 bits per heavy atom. The van der Waals surface area contributed by atoms with Crippen molar-refractivity contribution in [2.75, 3.05) is 23.7 Å². The highest BCUT2D eigenvalue weighted by Crippen LogP contribution is 2.24. The van der Waals surface area contributed by atoms with Crippen LogP contribution in [0.1, 0.15) is 40.0 Å². The Hall–Kier alpha value is -1.18. The highest BCUT2D eigenvalue weighted by Gasteiger charge is 2.13. The molecule has 1 rings (SSSR count). The second-order valence-electron chi connectivity index (χ2n) is 4.69. The highest BCUT2D eigenvalue weighted by atomic mass is 15.1. The first-order valence-electron chi connectivity index (χ1n) is 6.82. The molecular formula is C15H26N2. The maximum Gasteiger partial charge on any atom is 0.0600 e. The Morgan fingerprint density at radius 2 is 1.76 bits per heavy atom. The summed E-state index contributed by atoms with van der Waals surface area (Å²) in [5.74, 6) is 0.765. The summed E-state index contributed by atoms with van der Waals surface area (Å²) >= 11 is 0. The molecule has 0 aromatic heterocycles. The fraction of sp³-hybridized carbons (Fsp3) is 0.600. The molecule has 0 radical (unpaired) electrons. The first-order chi connectivity index (χ1) is 8.22. The molecule has 0 aliphatic carbocycles. The zero-order chi connectivity index (χ0) is 12.7. The van der Waals surface area contributed by atoms with Gasteiger partial charge in [-0.05, 0) is 24.5 Å². The van der Waals surface area contributed by atoms with E-state index in [0.29, 0.717) is 0 Å². The predicted octanol–water partition coefficient (Wildman–Crippen LogP) is 3.92. The van der Waals surface area contributed by atoms with Crippen molar-refractivity contribution in [1.82, 2.24) is 0 Å². The van der Waals surface area contributed by atoms with E-state index in [1.165, 1.54) is 18.5 Å². The molecule has 2 nitrogen and oxygen atoms in total. The second-order valence-corrected chi connectivity index (χ2v) is 4.69. The molecule has 0 aliphatic heterocycles. The van der Waals surface area contributed by atoms with Crippen molar-refractivity contribution in [2.45, 2.75) is 40.0 Å². The number of anilines is 2. The average molecular weight is 234 g/mol. The van der Waals surface area contributed by atoms with Gasteiger partial charge in [0.15, 0.2) is 0 Å². The van der Waals surface area contributed by atoms with Gasteiger partial charge in [-0.15, -0.1) is 0 Å². The fourth-order valence-corrected chi connectivity index (χ4v) is 2.21. The average Bonchev–Trinajstić information content (AvgIpc) is 2.35. The third-order valence-electron chi connectivity index (χ3n) is 3.40. The van der Waals surface area contributed by atoms with Crippen LogP contribution >= 0.6 is 0 Å². The van der Waals surface area contributed by atoms with Gasteiger partial charge in [-0.25, -0.2) is 0 Å². The van der Waals surface area contributed by atoms with Crippen molar-refractivity contribution in [3.63, 3.8) is 0 Å². The van der Waals surface area contributed by atoms with E-state index in [1.54, 1.807) is 0 Å². The summed E-state index contributed by atoms with van der Waals surface area (Å²) in [5, 5.41) is 0. The number of hydrogen-bond acceptors (Lipinski definition) is 2. The Kier molecular flexibility index (Phi) is 5.88. The maximum absolute atomic E-state index is 6.07. The number of benzene rings is 1. The molecule has 0 saturated carbocycles. The number of rotatable bonds is 7. The van der Waals surface area contributed by atoms with Crippen LogP contribution in [0.4, 0.5) is 11.4 Å². The highest BCUT2D eigenvalue weighted by molar-refractivity contribution is 5.67. The Morgan fingerprint density at radius 3 is 2.29 bits per heavy atom. The smallest absolute Gasteiger partial charge is 0.0600 e. The lowest BCUT2D eigenvalue weighted by molar-refractivity contribution is 0.482. The zero-order valence-corrected chi connectivity index (χ0v) is 11.4. The Labute approximate surface area is 106 Å². The van der Waals surface area contributed by atoms with E-state index < -0.39 is 0 Å². The van der Waals surface area contributed by atoms with Crippen LogP contribution in [0.5, 0.6) is 0 Å². The van der Waals surface area contributed by atoms with Crippen molar-refractivity contribution in [2.24, 2.45) is 5.92 Å². The van der Waals surface area contributed by atoms with Crippen molar-refractivity contribution in [1.29, 1.82) is 0 Å². The van der Waals surface area contributed by atoms with Crippen LogP contribution in [-0.4, -0.2) is 13.1 Å². The summed E-state index contributed by atoms with van der Waals surface area (Å²) in [5.41, 5.74) is 8.16. The standard InChI is InChI=1S/C15H26N2/c1-4-11-17(12-13(5-2)6-3)15-10-8-7-9-14(15)16/h7-10,13H,4-6,11-12,16H2,1-3H3. The first-order valence-corrected chi connectivity index (χ1v) is 6.82. The Balaban J connectivity index is 2.81. The lowest BCUT2D eigenvalue weighted by Gasteiger charge is -2.29. The number of nitrogen functional groups attached to an aromatic ring is 1.